The molecule has 7 nitrogen and oxygen atoms in total. The molecule has 2 aromatic carbocycles. The van der Waals surface area contributed by atoms with Gasteiger partial charge in [-0.2, -0.15) is 0 Å². The van der Waals surface area contributed by atoms with Crippen LogP contribution in [0.2, 0.25) is 0 Å². The first-order valence-corrected chi connectivity index (χ1v) is 10.4. The Balaban J connectivity index is 1.41. The lowest BCUT2D eigenvalue weighted by Gasteiger charge is -2.18. The maximum Gasteiger partial charge on any atom is 0.407 e. The standard InChI is InChI=1S/C24H28N2O5/c1-24(2,22(28)29)12-14-25-21(27)11-13-26-23(30)31-15-20-18-9-5-3-7-16(18)17-8-4-6-10-19(17)20/h3-10,20H,11-15H2,1-2H3,(H,25,27)(H,26,30)(H,28,29). The highest BCUT2D eigenvalue weighted by atomic mass is 16.5. The number of carboxylic acid groups (broad SMARTS) is 1. The predicted molar refractivity (Wildman–Crippen MR) is 117 cm³/mol. The molecule has 0 saturated heterocycles. The molecule has 1 aliphatic rings. The first kappa shape index (κ1) is 22.3. The molecule has 1 aliphatic carbocycles. The second-order valence-electron chi connectivity index (χ2n) is 8.29. The lowest BCUT2D eigenvalue weighted by Crippen LogP contribution is -2.34. The van der Waals surface area contributed by atoms with E-state index in [4.69, 9.17) is 9.84 Å². The van der Waals surface area contributed by atoms with Crippen molar-refractivity contribution < 1.29 is 24.2 Å². The number of hydrogen-bond acceptors (Lipinski definition) is 4. The molecule has 0 spiro atoms. The van der Waals surface area contributed by atoms with Crippen molar-refractivity contribution in [1.29, 1.82) is 0 Å². The van der Waals surface area contributed by atoms with Crippen molar-refractivity contribution in [3.8, 4) is 11.1 Å². The van der Waals surface area contributed by atoms with Gasteiger partial charge in [0.25, 0.3) is 0 Å². The van der Waals surface area contributed by atoms with Gasteiger partial charge in [-0.15, -0.1) is 0 Å². The Morgan fingerprint density at radius 1 is 0.935 bits per heavy atom. The summed E-state index contributed by atoms with van der Waals surface area (Å²) in [7, 11) is 0. The van der Waals surface area contributed by atoms with Crippen molar-refractivity contribution in [3.63, 3.8) is 0 Å². The molecule has 2 amide bonds. The van der Waals surface area contributed by atoms with E-state index < -0.39 is 17.5 Å². The largest absolute Gasteiger partial charge is 0.481 e. The maximum atomic E-state index is 12.1. The molecule has 0 radical (unpaired) electrons. The monoisotopic (exact) mass is 424 g/mol. The Bertz CT molecular complexity index is 924. The summed E-state index contributed by atoms with van der Waals surface area (Å²) in [5.41, 5.74) is 3.71. The van der Waals surface area contributed by atoms with E-state index in [9.17, 15) is 14.4 Å². The van der Waals surface area contributed by atoms with Crippen LogP contribution in [0.5, 0.6) is 0 Å². The molecule has 0 atom stereocenters. The third-order valence-electron chi connectivity index (χ3n) is 5.62. The zero-order valence-electron chi connectivity index (χ0n) is 17.8. The van der Waals surface area contributed by atoms with Crippen molar-refractivity contribution in [2.24, 2.45) is 5.41 Å². The fourth-order valence-electron chi connectivity index (χ4n) is 3.64. The van der Waals surface area contributed by atoms with Gasteiger partial charge in [-0.25, -0.2) is 4.79 Å². The van der Waals surface area contributed by atoms with Gasteiger partial charge in [0, 0.05) is 25.4 Å². The molecule has 0 unspecified atom stereocenters. The molecule has 3 N–H and O–H groups in total. The van der Waals surface area contributed by atoms with E-state index in [1.807, 2.05) is 24.3 Å². The quantitative estimate of drug-likeness (QED) is 0.571. The van der Waals surface area contributed by atoms with E-state index in [2.05, 4.69) is 34.9 Å². The number of aliphatic carboxylic acids is 1. The van der Waals surface area contributed by atoms with Crippen molar-refractivity contribution >= 4 is 18.0 Å². The minimum absolute atomic E-state index is 0.0148. The number of rotatable bonds is 9. The molecule has 3 rings (SSSR count). The van der Waals surface area contributed by atoms with Crippen molar-refractivity contribution in [3.05, 3.63) is 59.7 Å². The summed E-state index contributed by atoms with van der Waals surface area (Å²) in [6.07, 6.45) is -0.146. The van der Waals surface area contributed by atoms with Crippen LogP contribution in [0.4, 0.5) is 4.79 Å². The van der Waals surface area contributed by atoms with Crippen LogP contribution in [0.3, 0.4) is 0 Å². The molecule has 0 aromatic heterocycles. The average Bonchev–Trinajstić information content (AvgIpc) is 3.06. The van der Waals surface area contributed by atoms with Crippen LogP contribution in [0, 0.1) is 5.41 Å². The van der Waals surface area contributed by atoms with Crippen LogP contribution < -0.4 is 10.6 Å². The van der Waals surface area contributed by atoms with E-state index in [1.165, 1.54) is 0 Å². The fraction of sp³-hybridized carbons (Fsp3) is 0.375. The molecule has 31 heavy (non-hydrogen) atoms. The summed E-state index contributed by atoms with van der Waals surface area (Å²) in [5, 5.41) is 14.3. The second kappa shape index (κ2) is 9.64. The summed E-state index contributed by atoms with van der Waals surface area (Å²) < 4.78 is 5.43. The zero-order chi connectivity index (χ0) is 22.4. The van der Waals surface area contributed by atoms with Gasteiger partial charge in [0.1, 0.15) is 6.61 Å². The van der Waals surface area contributed by atoms with E-state index in [-0.39, 0.29) is 37.9 Å². The molecule has 164 valence electrons. The molecule has 0 heterocycles. The molecule has 0 aliphatic heterocycles. The third kappa shape index (κ3) is 5.42. The van der Waals surface area contributed by atoms with Gasteiger partial charge >= 0.3 is 12.1 Å². The van der Waals surface area contributed by atoms with Gasteiger partial charge in [0.15, 0.2) is 0 Å². The SMILES string of the molecule is CC(C)(CCNC(=O)CCNC(=O)OCC1c2ccccc2-c2ccccc21)C(=O)O. The van der Waals surface area contributed by atoms with Crippen molar-refractivity contribution in [1.82, 2.24) is 10.6 Å². The Morgan fingerprint density at radius 3 is 2.10 bits per heavy atom. The number of amides is 2. The molecule has 0 saturated carbocycles. The van der Waals surface area contributed by atoms with Crippen LogP contribution in [-0.4, -0.2) is 42.8 Å². The normalized spacial score (nSPS) is 12.6. The summed E-state index contributed by atoms with van der Waals surface area (Å²) in [5.74, 6) is -1.17. The van der Waals surface area contributed by atoms with Gasteiger partial charge in [-0.05, 0) is 42.5 Å². The minimum Gasteiger partial charge on any atom is -0.481 e. The van der Waals surface area contributed by atoms with Gasteiger partial charge in [-0.3, -0.25) is 9.59 Å². The topological polar surface area (TPSA) is 105 Å². The van der Waals surface area contributed by atoms with E-state index in [0.717, 1.165) is 22.3 Å². The number of hydrogen-bond donors (Lipinski definition) is 3. The smallest absolute Gasteiger partial charge is 0.407 e. The second-order valence-corrected chi connectivity index (χ2v) is 8.29. The minimum atomic E-state index is -0.904. The van der Waals surface area contributed by atoms with Crippen molar-refractivity contribution in [2.45, 2.75) is 32.6 Å². The fourth-order valence-corrected chi connectivity index (χ4v) is 3.64. The predicted octanol–water partition coefficient (Wildman–Crippen LogP) is 3.53. The van der Waals surface area contributed by atoms with Crippen LogP contribution in [0.15, 0.2) is 48.5 Å². The highest BCUT2D eigenvalue weighted by Gasteiger charge is 2.29. The van der Waals surface area contributed by atoms with Gasteiger partial charge in [0.2, 0.25) is 5.91 Å². The van der Waals surface area contributed by atoms with Crippen molar-refractivity contribution in [2.75, 3.05) is 19.7 Å². The molecule has 0 bridgehead atoms. The summed E-state index contributed by atoms with van der Waals surface area (Å²) in [6.45, 7) is 3.85. The highest BCUT2D eigenvalue weighted by Crippen LogP contribution is 2.44. The Morgan fingerprint density at radius 2 is 1.52 bits per heavy atom. The van der Waals surface area contributed by atoms with E-state index >= 15 is 0 Å². The lowest BCUT2D eigenvalue weighted by atomic mass is 9.90. The number of benzene rings is 2. The van der Waals surface area contributed by atoms with Gasteiger partial charge in [-0.1, -0.05) is 48.5 Å². The zero-order valence-corrected chi connectivity index (χ0v) is 17.8. The van der Waals surface area contributed by atoms with Gasteiger partial charge in [0.05, 0.1) is 5.41 Å². The van der Waals surface area contributed by atoms with Crippen LogP contribution in [0.1, 0.15) is 43.7 Å². The first-order chi connectivity index (χ1) is 14.8. The summed E-state index contributed by atoms with van der Waals surface area (Å²) in [4.78, 5) is 35.0. The van der Waals surface area contributed by atoms with Crippen LogP contribution in [0.25, 0.3) is 11.1 Å². The number of alkyl carbamates (subject to hydrolysis) is 1. The summed E-state index contributed by atoms with van der Waals surface area (Å²) >= 11 is 0. The Kier molecular flexibility index (Phi) is 6.95. The van der Waals surface area contributed by atoms with Crippen LogP contribution >= 0.6 is 0 Å². The van der Waals surface area contributed by atoms with E-state index in [1.54, 1.807) is 13.8 Å². The molecule has 0 fully saturated rings. The number of fused-ring (bicyclic) bond motifs is 3. The highest BCUT2D eigenvalue weighted by molar-refractivity contribution is 5.79. The average molecular weight is 424 g/mol. The lowest BCUT2D eigenvalue weighted by molar-refractivity contribution is -0.147. The molecular formula is C24H28N2O5. The summed E-state index contributed by atoms with van der Waals surface area (Å²) in [6, 6.07) is 16.2. The third-order valence-corrected chi connectivity index (χ3v) is 5.62. The van der Waals surface area contributed by atoms with E-state index in [0.29, 0.717) is 6.42 Å². The molecular weight excluding hydrogens is 396 g/mol. The Labute approximate surface area is 181 Å². The Hall–Kier alpha value is -3.35. The number of carboxylic acids is 1. The number of ether oxygens (including phenoxy) is 1. The number of carbonyl (C=O) groups excluding carboxylic acids is 2. The number of nitrogens with one attached hydrogen (secondary N) is 2. The molecule has 2 aromatic rings. The first-order valence-electron chi connectivity index (χ1n) is 10.4. The number of carbonyl (C=O) groups is 3. The maximum absolute atomic E-state index is 12.1. The van der Waals surface area contributed by atoms with Gasteiger partial charge < -0.3 is 20.5 Å². The molecule has 7 heteroatoms. The van der Waals surface area contributed by atoms with Crippen LogP contribution in [-0.2, 0) is 14.3 Å².